The summed E-state index contributed by atoms with van der Waals surface area (Å²) in [6.45, 7) is 1.77. The number of benzene rings is 3. The highest BCUT2D eigenvalue weighted by atomic mass is 16.6. The minimum Gasteiger partial charge on any atom is -0.267 e. The van der Waals surface area contributed by atoms with Crippen molar-refractivity contribution in [1.29, 1.82) is 0 Å². The van der Waals surface area contributed by atoms with E-state index in [1.54, 1.807) is 13.0 Å². The Bertz CT molecular complexity index is 996. The molecule has 0 fully saturated rings. The predicted octanol–water partition coefficient (Wildman–Crippen LogP) is 3.90. The number of nitro benzene ring substituents is 1. The van der Waals surface area contributed by atoms with Gasteiger partial charge in [-0.2, -0.15) is 5.10 Å². The molecule has 0 aliphatic carbocycles. The van der Waals surface area contributed by atoms with Crippen LogP contribution >= 0.6 is 0 Å². The van der Waals surface area contributed by atoms with Crippen LogP contribution in [0.5, 0.6) is 0 Å². The highest BCUT2D eigenvalue weighted by Gasteiger charge is 2.18. The highest BCUT2D eigenvalue weighted by molar-refractivity contribution is 6.04. The van der Waals surface area contributed by atoms with Gasteiger partial charge < -0.3 is 0 Å². The fraction of sp³-hybridized carbons (Fsp3) is 0.0526. The van der Waals surface area contributed by atoms with Gasteiger partial charge in [0.1, 0.15) is 5.56 Å². The van der Waals surface area contributed by atoms with Crippen LogP contribution in [0.25, 0.3) is 10.8 Å². The van der Waals surface area contributed by atoms with Crippen molar-refractivity contribution in [3.63, 3.8) is 0 Å². The quantitative estimate of drug-likeness (QED) is 0.446. The number of hydrazone groups is 1. The molecule has 3 rings (SSSR count). The average molecular weight is 333 g/mol. The zero-order valence-electron chi connectivity index (χ0n) is 13.5. The normalized spacial score (nSPS) is 11.3. The summed E-state index contributed by atoms with van der Waals surface area (Å²) in [5, 5.41) is 17.3. The molecule has 6 nitrogen and oxygen atoms in total. The molecule has 0 saturated carbocycles. The Morgan fingerprint density at radius 1 is 1.00 bits per heavy atom. The first-order valence-corrected chi connectivity index (χ1v) is 7.63. The van der Waals surface area contributed by atoms with Gasteiger partial charge in [-0.1, -0.05) is 48.5 Å². The van der Waals surface area contributed by atoms with E-state index in [9.17, 15) is 14.9 Å². The lowest BCUT2D eigenvalue weighted by Gasteiger charge is -2.05. The molecule has 0 heterocycles. The molecule has 25 heavy (non-hydrogen) atoms. The molecular weight excluding hydrogens is 318 g/mol. The fourth-order valence-electron chi connectivity index (χ4n) is 2.50. The minimum atomic E-state index is -0.618. The largest absolute Gasteiger partial charge is 0.282 e. The molecule has 0 atom stereocenters. The monoisotopic (exact) mass is 333 g/mol. The van der Waals surface area contributed by atoms with Crippen LogP contribution in [0.3, 0.4) is 0 Å². The van der Waals surface area contributed by atoms with Crippen LogP contribution in [0, 0.1) is 10.1 Å². The standard InChI is InChI=1S/C19H15N3O3/c1-13(15-11-10-14-6-2-3-7-16(14)12-15)20-21-19(23)17-8-4-5-9-18(17)22(24)25/h2-12H,1H3,(H,21,23)/b20-13+. The van der Waals surface area contributed by atoms with E-state index >= 15 is 0 Å². The number of nitrogens with one attached hydrogen (secondary N) is 1. The molecule has 0 aliphatic heterocycles. The average Bonchev–Trinajstić information content (AvgIpc) is 2.65. The molecule has 1 N–H and O–H groups in total. The van der Waals surface area contributed by atoms with Gasteiger partial charge in [0.15, 0.2) is 0 Å². The predicted molar refractivity (Wildman–Crippen MR) is 96.7 cm³/mol. The molecule has 124 valence electrons. The maximum atomic E-state index is 12.2. The SMILES string of the molecule is C/C(=N\NC(=O)c1ccccc1[N+](=O)[O-])c1ccc2ccccc2c1. The molecule has 3 aromatic carbocycles. The van der Waals surface area contributed by atoms with Crippen LogP contribution in [0.1, 0.15) is 22.8 Å². The van der Waals surface area contributed by atoms with Gasteiger partial charge in [0.25, 0.3) is 11.6 Å². The number of hydrogen-bond acceptors (Lipinski definition) is 4. The van der Waals surface area contributed by atoms with Gasteiger partial charge in [-0.3, -0.25) is 14.9 Å². The number of nitro groups is 1. The summed E-state index contributed by atoms with van der Waals surface area (Å²) >= 11 is 0. The van der Waals surface area contributed by atoms with E-state index in [2.05, 4.69) is 10.5 Å². The van der Waals surface area contributed by atoms with Crippen molar-refractivity contribution in [1.82, 2.24) is 5.43 Å². The first kappa shape index (κ1) is 16.3. The number of fused-ring (bicyclic) bond motifs is 1. The lowest BCUT2D eigenvalue weighted by Crippen LogP contribution is -2.20. The van der Waals surface area contributed by atoms with Gasteiger partial charge in [0, 0.05) is 6.07 Å². The van der Waals surface area contributed by atoms with Crippen molar-refractivity contribution in [2.24, 2.45) is 5.10 Å². The van der Waals surface area contributed by atoms with E-state index in [1.165, 1.54) is 18.2 Å². The van der Waals surface area contributed by atoms with Crippen molar-refractivity contribution in [3.05, 3.63) is 88.0 Å². The summed E-state index contributed by atoms with van der Waals surface area (Å²) in [6.07, 6.45) is 0. The molecule has 0 spiro atoms. The lowest BCUT2D eigenvalue weighted by molar-refractivity contribution is -0.385. The molecule has 0 aromatic heterocycles. The van der Waals surface area contributed by atoms with E-state index < -0.39 is 10.8 Å². The molecule has 0 radical (unpaired) electrons. The Hall–Kier alpha value is -3.54. The number of hydrogen-bond donors (Lipinski definition) is 1. The summed E-state index contributed by atoms with van der Waals surface area (Å²) < 4.78 is 0. The van der Waals surface area contributed by atoms with Gasteiger partial charge in [0.05, 0.1) is 10.6 Å². The minimum absolute atomic E-state index is 0.0254. The van der Waals surface area contributed by atoms with Gasteiger partial charge >= 0.3 is 0 Å². The van der Waals surface area contributed by atoms with Crippen molar-refractivity contribution in [3.8, 4) is 0 Å². The Labute approximate surface area is 143 Å². The third-order valence-corrected chi connectivity index (χ3v) is 3.84. The number of nitrogens with zero attached hydrogens (tertiary/aromatic N) is 2. The number of carbonyl (C=O) groups is 1. The van der Waals surface area contributed by atoms with E-state index in [-0.39, 0.29) is 11.3 Å². The third-order valence-electron chi connectivity index (χ3n) is 3.84. The zero-order chi connectivity index (χ0) is 17.8. The Kier molecular flexibility index (Phi) is 4.52. The van der Waals surface area contributed by atoms with Gasteiger partial charge in [-0.05, 0) is 35.4 Å². The van der Waals surface area contributed by atoms with E-state index in [1.807, 2.05) is 42.5 Å². The molecule has 0 aliphatic rings. The Balaban J connectivity index is 1.83. The number of rotatable bonds is 4. The maximum Gasteiger partial charge on any atom is 0.282 e. The Morgan fingerprint density at radius 2 is 1.68 bits per heavy atom. The summed E-state index contributed by atoms with van der Waals surface area (Å²) in [5.74, 6) is -0.618. The first-order valence-electron chi connectivity index (χ1n) is 7.63. The van der Waals surface area contributed by atoms with Crippen molar-refractivity contribution >= 4 is 28.1 Å². The van der Waals surface area contributed by atoms with Gasteiger partial charge in [-0.25, -0.2) is 5.43 Å². The number of para-hydroxylation sites is 1. The molecule has 6 heteroatoms. The maximum absolute atomic E-state index is 12.2. The van der Waals surface area contributed by atoms with Crippen LogP contribution in [0.4, 0.5) is 5.69 Å². The third kappa shape index (κ3) is 3.53. The van der Waals surface area contributed by atoms with E-state index in [0.29, 0.717) is 5.71 Å². The summed E-state index contributed by atoms with van der Waals surface area (Å²) in [4.78, 5) is 22.6. The molecule has 0 saturated heterocycles. The van der Waals surface area contributed by atoms with E-state index in [4.69, 9.17) is 0 Å². The summed E-state index contributed by atoms with van der Waals surface area (Å²) in [6, 6.07) is 19.6. The highest BCUT2D eigenvalue weighted by Crippen LogP contribution is 2.18. The van der Waals surface area contributed by atoms with E-state index in [0.717, 1.165) is 16.3 Å². The second-order valence-electron chi connectivity index (χ2n) is 5.47. The van der Waals surface area contributed by atoms with Crippen LogP contribution in [0.15, 0.2) is 71.8 Å². The molecular formula is C19H15N3O3. The number of carbonyl (C=O) groups excluding carboxylic acids is 1. The molecule has 1 amide bonds. The van der Waals surface area contributed by atoms with Gasteiger partial charge in [0.2, 0.25) is 0 Å². The van der Waals surface area contributed by atoms with Crippen molar-refractivity contribution in [2.75, 3.05) is 0 Å². The van der Waals surface area contributed by atoms with Crippen LogP contribution in [-0.2, 0) is 0 Å². The second kappa shape index (κ2) is 6.92. The van der Waals surface area contributed by atoms with Crippen molar-refractivity contribution in [2.45, 2.75) is 6.92 Å². The van der Waals surface area contributed by atoms with Gasteiger partial charge in [-0.15, -0.1) is 0 Å². The first-order chi connectivity index (χ1) is 12.1. The van der Waals surface area contributed by atoms with Crippen LogP contribution < -0.4 is 5.43 Å². The lowest BCUT2D eigenvalue weighted by atomic mass is 10.0. The van der Waals surface area contributed by atoms with Crippen molar-refractivity contribution < 1.29 is 9.72 Å². The smallest absolute Gasteiger partial charge is 0.267 e. The van der Waals surface area contributed by atoms with Crippen LogP contribution in [-0.4, -0.2) is 16.5 Å². The topological polar surface area (TPSA) is 84.6 Å². The molecule has 0 bridgehead atoms. The molecule has 3 aromatic rings. The molecule has 0 unspecified atom stereocenters. The van der Waals surface area contributed by atoms with Crippen LogP contribution in [0.2, 0.25) is 0 Å². The zero-order valence-corrected chi connectivity index (χ0v) is 13.5. The Morgan fingerprint density at radius 3 is 2.44 bits per heavy atom. The number of amides is 1. The summed E-state index contributed by atoms with van der Waals surface area (Å²) in [7, 11) is 0. The fourth-order valence-corrected chi connectivity index (χ4v) is 2.50. The summed E-state index contributed by atoms with van der Waals surface area (Å²) in [5.41, 5.74) is 3.58. The second-order valence-corrected chi connectivity index (χ2v) is 5.47.